The van der Waals surface area contributed by atoms with Gasteiger partial charge in [-0.15, -0.1) is 0 Å². The lowest BCUT2D eigenvalue weighted by atomic mass is 9.65. The molecule has 0 fully saturated rings. The summed E-state index contributed by atoms with van der Waals surface area (Å²) < 4.78 is 28.4. The zero-order valence-corrected chi connectivity index (χ0v) is 31.8. The third-order valence-electron chi connectivity index (χ3n) is 12.2. The van der Waals surface area contributed by atoms with Crippen LogP contribution in [0.25, 0.3) is 78.4 Å². The van der Waals surface area contributed by atoms with Crippen LogP contribution >= 0.6 is 0 Å². The minimum atomic E-state index is -3.72. The van der Waals surface area contributed by atoms with E-state index in [9.17, 15) is 8.42 Å². The molecule has 2 aromatic heterocycles. The predicted octanol–water partition coefficient (Wildman–Crippen LogP) is 11.7. The molecule has 58 heavy (non-hydrogen) atoms. The van der Waals surface area contributed by atoms with E-state index in [4.69, 9.17) is 9.97 Å². The Hall–Kier alpha value is -7.28. The summed E-state index contributed by atoms with van der Waals surface area (Å²) >= 11 is 0. The Kier molecular flexibility index (Phi) is 6.87. The van der Waals surface area contributed by atoms with Gasteiger partial charge in [0, 0.05) is 40.2 Å². The van der Waals surface area contributed by atoms with E-state index in [1.165, 1.54) is 0 Å². The Bertz CT molecular complexity index is 3250. The van der Waals surface area contributed by atoms with Crippen LogP contribution in [0.15, 0.2) is 198 Å². The first-order valence-corrected chi connectivity index (χ1v) is 20.8. The molecule has 1 aliphatic heterocycles. The Balaban J connectivity index is 1.22. The van der Waals surface area contributed by atoms with Crippen molar-refractivity contribution in [1.82, 2.24) is 15.0 Å². The lowest BCUT2D eigenvalue weighted by molar-refractivity contribution is 0.598. The fourth-order valence-corrected chi connectivity index (χ4v) is 11.5. The molecule has 6 heteroatoms. The summed E-state index contributed by atoms with van der Waals surface area (Å²) in [5.41, 5.74) is 15.9. The van der Waals surface area contributed by atoms with E-state index in [-0.39, 0.29) is 0 Å². The molecule has 1 atom stereocenters. The monoisotopic (exact) mass is 761 g/mol. The average Bonchev–Trinajstić information content (AvgIpc) is 3.68. The fraction of sp³-hybridized carbons (Fsp3) is 0.0192. The van der Waals surface area contributed by atoms with Gasteiger partial charge in [-0.2, -0.15) is 0 Å². The van der Waals surface area contributed by atoms with Crippen LogP contribution in [-0.2, 0) is 15.3 Å². The molecular formula is C52H31N3O2S. The standard InChI is InChI=1S/C52H31N3O2S/c56-58(57)47-23-11-8-20-40(47)50-48(58)27-26-43-49(50)39-19-7-10-22-42(39)52(43)41-21-9-6-18-37(41)35-16-4-5-17-36(35)38-25-24-33(29-44(38)52)51-54-45(32-13-2-1-3-14-32)30-46(55-51)34-15-12-28-53-31-34/h1-31H. The van der Waals surface area contributed by atoms with E-state index in [0.29, 0.717) is 15.6 Å². The molecule has 12 rings (SSSR count). The van der Waals surface area contributed by atoms with Crippen molar-refractivity contribution < 1.29 is 8.42 Å². The largest absolute Gasteiger partial charge is 0.264 e. The normalized spacial score (nSPS) is 15.9. The maximum Gasteiger partial charge on any atom is 0.207 e. The first-order valence-electron chi connectivity index (χ1n) is 19.3. The van der Waals surface area contributed by atoms with E-state index >= 15 is 0 Å². The van der Waals surface area contributed by atoms with E-state index in [1.54, 1.807) is 12.3 Å². The number of hydrogen-bond acceptors (Lipinski definition) is 5. The van der Waals surface area contributed by atoms with E-state index in [2.05, 4.69) is 114 Å². The SMILES string of the molecule is O=S1(=O)c2ccccc2-c2c1ccc1c2-c2ccccc2C12c1ccccc1-c1ccccc1-c1ccc(-c3nc(-c4ccccc4)cc(-c4cccnc4)n3)cc12. The number of hydrogen-bond donors (Lipinski definition) is 0. The topological polar surface area (TPSA) is 72.8 Å². The second-order valence-electron chi connectivity index (χ2n) is 15.1. The molecule has 1 unspecified atom stereocenters. The molecule has 2 aliphatic carbocycles. The van der Waals surface area contributed by atoms with E-state index in [1.807, 2.05) is 66.9 Å². The molecule has 3 aliphatic rings. The molecule has 0 saturated carbocycles. The zero-order valence-electron chi connectivity index (χ0n) is 31.0. The highest BCUT2D eigenvalue weighted by molar-refractivity contribution is 7.92. The first kappa shape index (κ1) is 32.9. The van der Waals surface area contributed by atoms with Gasteiger partial charge in [0.15, 0.2) is 5.82 Å². The smallest absolute Gasteiger partial charge is 0.207 e. The number of sulfone groups is 1. The number of nitrogens with zero attached hydrogens (tertiary/aromatic N) is 3. The van der Waals surface area contributed by atoms with Gasteiger partial charge in [0.1, 0.15) is 0 Å². The molecule has 0 N–H and O–H groups in total. The van der Waals surface area contributed by atoms with Crippen molar-refractivity contribution in [3.05, 3.63) is 211 Å². The van der Waals surface area contributed by atoms with Gasteiger partial charge in [-0.1, -0.05) is 140 Å². The molecule has 0 bridgehead atoms. The van der Waals surface area contributed by atoms with Gasteiger partial charge >= 0.3 is 0 Å². The Morgan fingerprint density at radius 3 is 1.74 bits per heavy atom. The van der Waals surface area contributed by atoms with Gasteiger partial charge in [-0.25, -0.2) is 18.4 Å². The van der Waals surface area contributed by atoms with Crippen molar-refractivity contribution >= 4 is 9.84 Å². The summed E-state index contributed by atoms with van der Waals surface area (Å²) in [6.07, 6.45) is 3.61. The highest BCUT2D eigenvalue weighted by Crippen LogP contribution is 2.64. The van der Waals surface area contributed by atoms with Crippen LogP contribution in [0, 0.1) is 0 Å². The summed E-state index contributed by atoms with van der Waals surface area (Å²) in [4.78, 5) is 15.6. The lowest BCUT2D eigenvalue weighted by Crippen LogP contribution is -2.29. The van der Waals surface area contributed by atoms with Crippen molar-refractivity contribution in [3.63, 3.8) is 0 Å². The second kappa shape index (κ2) is 12.1. The summed E-state index contributed by atoms with van der Waals surface area (Å²) in [7, 11) is -3.72. The van der Waals surface area contributed by atoms with Gasteiger partial charge in [0.25, 0.3) is 0 Å². The van der Waals surface area contributed by atoms with Crippen LogP contribution in [0.4, 0.5) is 0 Å². The third-order valence-corrected chi connectivity index (χ3v) is 14.0. The highest BCUT2D eigenvalue weighted by atomic mass is 32.2. The number of fused-ring (bicyclic) bond motifs is 16. The average molecular weight is 762 g/mol. The quantitative estimate of drug-likeness (QED) is 0.179. The van der Waals surface area contributed by atoms with E-state index < -0.39 is 15.3 Å². The van der Waals surface area contributed by atoms with Crippen molar-refractivity contribution in [2.75, 3.05) is 0 Å². The van der Waals surface area contributed by atoms with Gasteiger partial charge in [0.2, 0.25) is 9.84 Å². The maximum absolute atomic E-state index is 14.2. The number of benzene rings is 7. The molecule has 5 nitrogen and oxygen atoms in total. The van der Waals surface area contributed by atoms with Crippen LogP contribution < -0.4 is 0 Å². The molecule has 0 amide bonds. The van der Waals surface area contributed by atoms with E-state index in [0.717, 1.165) is 94.8 Å². The number of pyridine rings is 1. The molecule has 7 aromatic carbocycles. The van der Waals surface area contributed by atoms with Crippen LogP contribution in [0.2, 0.25) is 0 Å². The van der Waals surface area contributed by atoms with Crippen LogP contribution in [-0.4, -0.2) is 23.4 Å². The Labute approximate surface area is 336 Å². The van der Waals surface area contributed by atoms with Gasteiger partial charge < -0.3 is 0 Å². The van der Waals surface area contributed by atoms with Crippen LogP contribution in [0.1, 0.15) is 22.3 Å². The van der Waals surface area contributed by atoms with Crippen LogP contribution in [0.3, 0.4) is 0 Å². The molecule has 0 radical (unpaired) electrons. The second-order valence-corrected chi connectivity index (χ2v) is 17.0. The Morgan fingerprint density at radius 1 is 0.397 bits per heavy atom. The third kappa shape index (κ3) is 4.40. The fourth-order valence-electron chi connectivity index (χ4n) is 9.81. The van der Waals surface area contributed by atoms with Crippen LogP contribution in [0.5, 0.6) is 0 Å². The molecular weight excluding hydrogens is 731 g/mol. The van der Waals surface area contributed by atoms with Crippen molar-refractivity contribution in [2.24, 2.45) is 0 Å². The first-order chi connectivity index (χ1) is 28.5. The predicted molar refractivity (Wildman–Crippen MR) is 229 cm³/mol. The lowest BCUT2D eigenvalue weighted by Gasteiger charge is -2.35. The minimum absolute atomic E-state index is 0.354. The molecule has 9 aromatic rings. The van der Waals surface area contributed by atoms with Gasteiger partial charge in [0.05, 0.1) is 26.6 Å². The number of rotatable bonds is 3. The van der Waals surface area contributed by atoms with Gasteiger partial charge in [-0.05, 0) is 92.0 Å². The molecule has 272 valence electrons. The summed E-state index contributed by atoms with van der Waals surface area (Å²) in [5.74, 6) is 0.601. The van der Waals surface area contributed by atoms with Crippen molar-refractivity contribution in [2.45, 2.75) is 15.2 Å². The Morgan fingerprint density at radius 2 is 1.00 bits per heavy atom. The van der Waals surface area contributed by atoms with Crippen molar-refractivity contribution in [3.8, 4) is 78.4 Å². The summed E-state index contributed by atoms with van der Waals surface area (Å²) in [6, 6.07) is 60.1. The molecule has 1 spiro atoms. The molecule has 3 heterocycles. The van der Waals surface area contributed by atoms with Crippen molar-refractivity contribution in [1.29, 1.82) is 0 Å². The zero-order chi connectivity index (χ0) is 38.6. The highest BCUT2D eigenvalue weighted by Gasteiger charge is 2.52. The van der Waals surface area contributed by atoms with Gasteiger partial charge in [-0.3, -0.25) is 4.98 Å². The number of aromatic nitrogens is 3. The maximum atomic E-state index is 14.2. The molecule has 0 saturated heterocycles. The summed E-state index contributed by atoms with van der Waals surface area (Å²) in [6.45, 7) is 0. The minimum Gasteiger partial charge on any atom is -0.264 e. The summed E-state index contributed by atoms with van der Waals surface area (Å²) in [5, 5.41) is 0.